The summed E-state index contributed by atoms with van der Waals surface area (Å²) in [5.41, 5.74) is 0.623. The van der Waals surface area contributed by atoms with Crippen LogP contribution in [0.15, 0.2) is 72.8 Å². The first-order chi connectivity index (χ1) is 13.7. The van der Waals surface area contributed by atoms with Gasteiger partial charge in [0.25, 0.3) is 11.8 Å². The molecule has 0 saturated heterocycles. The van der Waals surface area contributed by atoms with E-state index in [9.17, 15) is 22.8 Å². The molecular formula is C22H17F3N2O2. The number of benzene rings is 3. The Balaban J connectivity index is 1.78. The van der Waals surface area contributed by atoms with Crippen molar-refractivity contribution >= 4 is 23.2 Å². The molecule has 0 fully saturated rings. The molecule has 0 aliphatic rings. The highest BCUT2D eigenvalue weighted by molar-refractivity contribution is 6.08. The molecule has 0 atom stereocenters. The van der Waals surface area contributed by atoms with Crippen LogP contribution < -0.4 is 10.6 Å². The molecule has 0 aliphatic carbocycles. The van der Waals surface area contributed by atoms with E-state index in [0.717, 1.165) is 11.6 Å². The van der Waals surface area contributed by atoms with Crippen molar-refractivity contribution in [2.45, 2.75) is 13.1 Å². The lowest BCUT2D eigenvalue weighted by Crippen LogP contribution is -2.18. The number of carbonyl (C=O) groups excluding carboxylic acids is 2. The number of rotatable bonds is 4. The van der Waals surface area contributed by atoms with Crippen molar-refractivity contribution in [2.75, 3.05) is 10.6 Å². The average molecular weight is 398 g/mol. The van der Waals surface area contributed by atoms with Crippen molar-refractivity contribution in [1.29, 1.82) is 0 Å². The lowest BCUT2D eigenvalue weighted by Gasteiger charge is -2.14. The van der Waals surface area contributed by atoms with E-state index in [1.54, 1.807) is 12.1 Å². The predicted molar refractivity (Wildman–Crippen MR) is 105 cm³/mol. The number of hydrogen-bond donors (Lipinski definition) is 2. The summed E-state index contributed by atoms with van der Waals surface area (Å²) in [6.07, 6.45) is -4.60. The first-order valence-corrected chi connectivity index (χ1v) is 8.70. The Morgan fingerprint density at radius 3 is 1.97 bits per heavy atom. The van der Waals surface area contributed by atoms with E-state index < -0.39 is 23.6 Å². The molecule has 4 nitrogen and oxygen atoms in total. The zero-order valence-corrected chi connectivity index (χ0v) is 15.4. The third-order valence-corrected chi connectivity index (χ3v) is 4.18. The Bertz CT molecular complexity index is 1040. The summed E-state index contributed by atoms with van der Waals surface area (Å²) in [6, 6.07) is 17.7. The van der Waals surface area contributed by atoms with Crippen molar-refractivity contribution in [3.8, 4) is 0 Å². The molecule has 148 valence electrons. The van der Waals surface area contributed by atoms with Gasteiger partial charge in [0, 0.05) is 16.8 Å². The molecule has 0 aliphatic heterocycles. The highest BCUT2D eigenvalue weighted by Gasteiger charge is 2.33. The zero-order chi connectivity index (χ0) is 21.0. The van der Waals surface area contributed by atoms with Crippen molar-refractivity contribution in [3.63, 3.8) is 0 Å². The molecule has 29 heavy (non-hydrogen) atoms. The third-order valence-electron chi connectivity index (χ3n) is 4.18. The Morgan fingerprint density at radius 1 is 0.759 bits per heavy atom. The minimum atomic E-state index is -4.60. The molecule has 0 bridgehead atoms. The van der Waals surface area contributed by atoms with E-state index in [4.69, 9.17) is 0 Å². The van der Waals surface area contributed by atoms with Crippen LogP contribution >= 0.6 is 0 Å². The van der Waals surface area contributed by atoms with Gasteiger partial charge in [-0.05, 0) is 49.4 Å². The van der Waals surface area contributed by atoms with Gasteiger partial charge in [0.05, 0.1) is 11.3 Å². The SMILES string of the molecule is Cc1ccc(NC(=O)c2cccc(C(=O)Nc3ccccc3C(F)(F)F)c2)cc1. The highest BCUT2D eigenvalue weighted by Crippen LogP contribution is 2.34. The molecule has 0 unspecified atom stereocenters. The Hall–Kier alpha value is -3.61. The molecule has 2 N–H and O–H groups in total. The van der Waals surface area contributed by atoms with Crippen LogP contribution in [0.5, 0.6) is 0 Å². The number of aryl methyl sites for hydroxylation is 1. The maximum absolute atomic E-state index is 13.1. The lowest BCUT2D eigenvalue weighted by molar-refractivity contribution is -0.136. The monoisotopic (exact) mass is 398 g/mol. The largest absolute Gasteiger partial charge is 0.418 e. The second-order valence-electron chi connectivity index (χ2n) is 6.40. The van der Waals surface area contributed by atoms with Crippen LogP contribution in [0.4, 0.5) is 24.5 Å². The molecule has 0 radical (unpaired) electrons. The summed E-state index contributed by atoms with van der Waals surface area (Å²) < 4.78 is 39.3. The number of carbonyl (C=O) groups is 2. The quantitative estimate of drug-likeness (QED) is 0.608. The van der Waals surface area contributed by atoms with Gasteiger partial charge in [-0.1, -0.05) is 35.9 Å². The Morgan fingerprint density at radius 2 is 1.34 bits per heavy atom. The minimum Gasteiger partial charge on any atom is -0.322 e. The van der Waals surface area contributed by atoms with Gasteiger partial charge in [-0.15, -0.1) is 0 Å². The van der Waals surface area contributed by atoms with Crippen LogP contribution in [0.3, 0.4) is 0 Å². The van der Waals surface area contributed by atoms with Crippen LogP contribution in [-0.2, 0) is 6.18 Å². The van der Waals surface area contributed by atoms with Crippen LogP contribution in [0, 0.1) is 6.92 Å². The van der Waals surface area contributed by atoms with Crippen LogP contribution in [0.25, 0.3) is 0 Å². The number of hydrogen-bond acceptors (Lipinski definition) is 2. The summed E-state index contributed by atoms with van der Waals surface area (Å²) >= 11 is 0. The molecule has 7 heteroatoms. The molecule has 0 aromatic heterocycles. The average Bonchev–Trinajstić information content (AvgIpc) is 2.69. The fourth-order valence-corrected chi connectivity index (χ4v) is 2.68. The second kappa shape index (κ2) is 8.18. The van der Waals surface area contributed by atoms with E-state index >= 15 is 0 Å². The number of anilines is 2. The van der Waals surface area contributed by atoms with Gasteiger partial charge >= 0.3 is 6.18 Å². The summed E-state index contributed by atoms with van der Waals surface area (Å²) in [6.45, 7) is 1.92. The van der Waals surface area contributed by atoms with Crippen molar-refractivity contribution in [3.05, 3.63) is 95.1 Å². The summed E-state index contributed by atoms with van der Waals surface area (Å²) in [5.74, 6) is -1.18. The van der Waals surface area contributed by atoms with Crippen LogP contribution in [0.2, 0.25) is 0 Å². The van der Waals surface area contributed by atoms with Crippen molar-refractivity contribution < 1.29 is 22.8 Å². The highest BCUT2D eigenvalue weighted by atomic mass is 19.4. The smallest absolute Gasteiger partial charge is 0.322 e. The van der Waals surface area contributed by atoms with Gasteiger partial charge in [0.1, 0.15) is 0 Å². The maximum Gasteiger partial charge on any atom is 0.418 e. The summed E-state index contributed by atoms with van der Waals surface area (Å²) in [4.78, 5) is 24.9. The molecular weight excluding hydrogens is 381 g/mol. The number of halogens is 3. The molecule has 2 amide bonds. The van der Waals surface area contributed by atoms with Gasteiger partial charge in [0.15, 0.2) is 0 Å². The molecule has 0 saturated carbocycles. The Labute approximate surface area is 165 Å². The third kappa shape index (κ3) is 5.01. The number of alkyl halides is 3. The minimum absolute atomic E-state index is 0.0681. The van der Waals surface area contributed by atoms with Gasteiger partial charge in [-0.25, -0.2) is 0 Å². The van der Waals surface area contributed by atoms with Crippen molar-refractivity contribution in [1.82, 2.24) is 0 Å². The Kier molecular flexibility index (Phi) is 5.68. The van der Waals surface area contributed by atoms with Crippen molar-refractivity contribution in [2.24, 2.45) is 0 Å². The fraction of sp³-hybridized carbons (Fsp3) is 0.0909. The summed E-state index contributed by atoms with van der Waals surface area (Å²) in [5, 5.41) is 4.98. The number of nitrogens with one attached hydrogen (secondary N) is 2. The molecule has 0 heterocycles. The van der Waals surface area contributed by atoms with Gasteiger partial charge in [-0.2, -0.15) is 13.2 Å². The normalized spacial score (nSPS) is 11.0. The summed E-state index contributed by atoms with van der Waals surface area (Å²) in [7, 11) is 0. The van der Waals surface area contributed by atoms with E-state index in [-0.39, 0.29) is 16.8 Å². The molecule has 3 aromatic rings. The second-order valence-corrected chi connectivity index (χ2v) is 6.40. The fourth-order valence-electron chi connectivity index (χ4n) is 2.68. The predicted octanol–water partition coefficient (Wildman–Crippen LogP) is 5.52. The van der Waals surface area contributed by atoms with Gasteiger partial charge in [-0.3, -0.25) is 9.59 Å². The van der Waals surface area contributed by atoms with Crippen LogP contribution in [0.1, 0.15) is 31.8 Å². The first-order valence-electron chi connectivity index (χ1n) is 8.70. The zero-order valence-electron chi connectivity index (χ0n) is 15.4. The van der Waals surface area contributed by atoms with Crippen LogP contribution in [-0.4, -0.2) is 11.8 Å². The molecule has 3 aromatic carbocycles. The molecule has 3 rings (SSSR count). The van der Waals surface area contributed by atoms with Gasteiger partial charge < -0.3 is 10.6 Å². The van der Waals surface area contributed by atoms with E-state index in [1.165, 1.54) is 42.5 Å². The number of amides is 2. The van der Waals surface area contributed by atoms with Gasteiger partial charge in [0.2, 0.25) is 0 Å². The van der Waals surface area contributed by atoms with E-state index in [0.29, 0.717) is 5.69 Å². The lowest BCUT2D eigenvalue weighted by atomic mass is 10.1. The maximum atomic E-state index is 13.1. The topological polar surface area (TPSA) is 58.2 Å². The van der Waals surface area contributed by atoms with E-state index in [2.05, 4.69) is 10.6 Å². The van der Waals surface area contributed by atoms with E-state index in [1.807, 2.05) is 19.1 Å². The molecule has 0 spiro atoms. The number of para-hydroxylation sites is 1. The first kappa shape index (κ1) is 20.1. The standard InChI is InChI=1S/C22H17F3N2O2/c1-14-9-11-17(12-10-14)26-20(28)15-5-4-6-16(13-15)21(29)27-19-8-3-2-7-18(19)22(23,24)25/h2-13H,1H3,(H,26,28)(H,27,29).